The van der Waals surface area contributed by atoms with Crippen LogP contribution in [0.2, 0.25) is 0 Å². The molecule has 4 heteroatoms. The predicted octanol–water partition coefficient (Wildman–Crippen LogP) is 0.524. The highest BCUT2D eigenvalue weighted by Gasteiger charge is 2.21. The van der Waals surface area contributed by atoms with Crippen molar-refractivity contribution in [3.05, 3.63) is 0 Å². The quantitative estimate of drug-likeness (QED) is 0.504. The van der Waals surface area contributed by atoms with E-state index in [4.69, 9.17) is 9.84 Å². The zero-order valence-electron chi connectivity index (χ0n) is 8.19. The lowest BCUT2D eigenvalue weighted by Crippen LogP contribution is -2.31. The Morgan fingerprint density at radius 3 is 2.38 bits per heavy atom. The average molecular weight is 188 g/mol. The average Bonchev–Trinajstić information content (AvgIpc) is 2.12. The molecule has 1 unspecified atom stereocenters. The zero-order valence-corrected chi connectivity index (χ0v) is 8.19. The fourth-order valence-electron chi connectivity index (χ4n) is 0.743. The van der Waals surface area contributed by atoms with Crippen molar-refractivity contribution in [1.82, 2.24) is 0 Å². The third-order valence-electron chi connectivity index (χ3n) is 1.93. The Morgan fingerprint density at radius 1 is 1.54 bits per heavy atom. The topological polar surface area (TPSA) is 63.6 Å². The molecule has 0 aliphatic rings. The maximum absolute atomic E-state index is 10.9. The van der Waals surface area contributed by atoms with Crippen molar-refractivity contribution in [2.24, 2.45) is 5.92 Å². The Balaban J connectivity index is 4.12. The van der Waals surface area contributed by atoms with Crippen molar-refractivity contribution in [2.45, 2.75) is 39.4 Å². The van der Waals surface area contributed by atoms with Gasteiger partial charge in [0.2, 0.25) is 0 Å². The maximum atomic E-state index is 10.9. The SMILES string of the molecule is CCC(C)[C@@H](C=O)OC(=O)[C@H](C)O. The fourth-order valence-corrected chi connectivity index (χ4v) is 0.743. The van der Waals surface area contributed by atoms with Gasteiger partial charge >= 0.3 is 5.97 Å². The molecule has 0 fully saturated rings. The predicted molar refractivity (Wildman–Crippen MR) is 47.1 cm³/mol. The molecule has 0 saturated heterocycles. The van der Waals surface area contributed by atoms with E-state index in [1.54, 1.807) is 0 Å². The summed E-state index contributed by atoms with van der Waals surface area (Å²) in [6.07, 6.45) is -0.580. The molecule has 0 amide bonds. The largest absolute Gasteiger partial charge is 0.452 e. The fraction of sp³-hybridized carbons (Fsp3) is 0.778. The summed E-state index contributed by atoms with van der Waals surface area (Å²) in [6, 6.07) is 0. The van der Waals surface area contributed by atoms with Gasteiger partial charge in [0.1, 0.15) is 6.10 Å². The van der Waals surface area contributed by atoms with Crippen LogP contribution in [0.5, 0.6) is 0 Å². The molecule has 0 rings (SSSR count). The molecule has 0 aromatic heterocycles. The first-order chi connectivity index (χ1) is 6.02. The molecule has 0 radical (unpaired) electrons. The van der Waals surface area contributed by atoms with Crippen LogP contribution in [-0.4, -0.2) is 29.6 Å². The van der Waals surface area contributed by atoms with Gasteiger partial charge in [-0.3, -0.25) is 4.79 Å². The number of aliphatic hydroxyl groups excluding tert-OH is 1. The van der Waals surface area contributed by atoms with E-state index in [0.717, 1.165) is 6.42 Å². The van der Waals surface area contributed by atoms with Crippen molar-refractivity contribution in [3.63, 3.8) is 0 Å². The van der Waals surface area contributed by atoms with Crippen molar-refractivity contribution < 1.29 is 19.4 Å². The van der Waals surface area contributed by atoms with Gasteiger partial charge in [-0.05, 0) is 19.3 Å². The minimum absolute atomic E-state index is 0.0137. The van der Waals surface area contributed by atoms with Gasteiger partial charge in [0.05, 0.1) is 0 Å². The Labute approximate surface area is 77.9 Å². The number of esters is 1. The molecular formula is C9H16O4. The minimum Gasteiger partial charge on any atom is -0.452 e. The van der Waals surface area contributed by atoms with Gasteiger partial charge in [-0.25, -0.2) is 4.79 Å². The molecule has 0 aromatic rings. The number of carbonyl (C=O) groups excluding carboxylic acids is 2. The minimum atomic E-state index is -1.17. The van der Waals surface area contributed by atoms with Gasteiger partial charge in [-0.1, -0.05) is 13.8 Å². The Morgan fingerprint density at radius 2 is 2.08 bits per heavy atom. The number of hydrogen-bond donors (Lipinski definition) is 1. The van der Waals surface area contributed by atoms with Crippen LogP contribution >= 0.6 is 0 Å². The summed E-state index contributed by atoms with van der Waals surface area (Å²) in [5.41, 5.74) is 0. The summed E-state index contributed by atoms with van der Waals surface area (Å²) in [5.74, 6) is -0.766. The third kappa shape index (κ3) is 4.03. The van der Waals surface area contributed by atoms with Crippen LogP contribution in [-0.2, 0) is 14.3 Å². The first-order valence-corrected chi connectivity index (χ1v) is 4.36. The standard InChI is InChI=1S/C9H16O4/c1-4-6(2)8(5-10)13-9(12)7(3)11/h5-8,11H,4H2,1-3H3/t6?,7-,8+/m0/s1. The highest BCUT2D eigenvalue weighted by Crippen LogP contribution is 2.10. The van der Waals surface area contributed by atoms with Crippen LogP contribution in [0.15, 0.2) is 0 Å². The van der Waals surface area contributed by atoms with E-state index in [2.05, 4.69) is 0 Å². The molecule has 0 bridgehead atoms. The molecule has 4 nitrogen and oxygen atoms in total. The second-order valence-corrected chi connectivity index (χ2v) is 3.10. The Bertz CT molecular complexity index is 176. The van der Waals surface area contributed by atoms with Crippen LogP contribution in [0.1, 0.15) is 27.2 Å². The molecule has 3 atom stereocenters. The zero-order chi connectivity index (χ0) is 10.4. The van der Waals surface area contributed by atoms with Crippen LogP contribution < -0.4 is 0 Å². The number of hydrogen-bond acceptors (Lipinski definition) is 4. The normalized spacial score (nSPS) is 17.2. The lowest BCUT2D eigenvalue weighted by Gasteiger charge is -2.18. The number of aliphatic hydroxyl groups is 1. The van der Waals surface area contributed by atoms with E-state index in [9.17, 15) is 9.59 Å². The molecule has 0 heterocycles. The summed E-state index contributed by atoms with van der Waals surface area (Å²) in [4.78, 5) is 21.4. The van der Waals surface area contributed by atoms with E-state index >= 15 is 0 Å². The van der Waals surface area contributed by atoms with Gasteiger partial charge in [-0.15, -0.1) is 0 Å². The first-order valence-electron chi connectivity index (χ1n) is 4.36. The number of rotatable bonds is 5. The van der Waals surface area contributed by atoms with E-state index in [1.165, 1.54) is 6.92 Å². The van der Waals surface area contributed by atoms with Crippen molar-refractivity contribution in [3.8, 4) is 0 Å². The first kappa shape index (κ1) is 12.1. The van der Waals surface area contributed by atoms with Crippen molar-refractivity contribution in [1.29, 1.82) is 0 Å². The summed E-state index contributed by atoms with van der Waals surface area (Å²) in [5, 5.41) is 8.83. The third-order valence-corrected chi connectivity index (χ3v) is 1.93. The van der Waals surface area contributed by atoms with Crippen LogP contribution in [0.3, 0.4) is 0 Å². The number of carbonyl (C=O) groups is 2. The Kier molecular flexibility index (Phi) is 5.30. The highest BCUT2D eigenvalue weighted by molar-refractivity contribution is 5.76. The smallest absolute Gasteiger partial charge is 0.335 e. The van der Waals surface area contributed by atoms with Crippen molar-refractivity contribution in [2.75, 3.05) is 0 Å². The molecule has 0 aromatic carbocycles. The second kappa shape index (κ2) is 5.70. The van der Waals surface area contributed by atoms with Gasteiger partial charge in [-0.2, -0.15) is 0 Å². The summed E-state index contributed by atoms with van der Waals surface area (Å²) in [6.45, 7) is 5.02. The molecule has 13 heavy (non-hydrogen) atoms. The second-order valence-electron chi connectivity index (χ2n) is 3.10. The lowest BCUT2D eigenvalue weighted by molar-refractivity contribution is -0.162. The van der Waals surface area contributed by atoms with Crippen LogP contribution in [0, 0.1) is 5.92 Å². The highest BCUT2D eigenvalue weighted by atomic mass is 16.6. The van der Waals surface area contributed by atoms with E-state index in [0.29, 0.717) is 6.29 Å². The van der Waals surface area contributed by atoms with Gasteiger partial charge < -0.3 is 9.84 Å². The molecule has 0 aliphatic carbocycles. The van der Waals surface area contributed by atoms with Gasteiger partial charge in [0.25, 0.3) is 0 Å². The monoisotopic (exact) mass is 188 g/mol. The van der Waals surface area contributed by atoms with Gasteiger partial charge in [0.15, 0.2) is 12.4 Å². The Hall–Kier alpha value is -0.900. The summed E-state index contributed by atoms with van der Waals surface area (Å²) in [7, 11) is 0. The van der Waals surface area contributed by atoms with Crippen LogP contribution in [0.25, 0.3) is 0 Å². The molecule has 0 aliphatic heterocycles. The number of aldehydes is 1. The molecule has 76 valence electrons. The molecule has 0 spiro atoms. The molecule has 1 N–H and O–H groups in total. The van der Waals surface area contributed by atoms with Crippen LogP contribution in [0.4, 0.5) is 0 Å². The van der Waals surface area contributed by atoms with Crippen molar-refractivity contribution >= 4 is 12.3 Å². The van der Waals surface area contributed by atoms with E-state index in [1.807, 2.05) is 13.8 Å². The molecular weight excluding hydrogens is 172 g/mol. The van der Waals surface area contributed by atoms with E-state index in [-0.39, 0.29) is 5.92 Å². The van der Waals surface area contributed by atoms with E-state index < -0.39 is 18.2 Å². The lowest BCUT2D eigenvalue weighted by atomic mass is 10.0. The van der Waals surface area contributed by atoms with Gasteiger partial charge in [0, 0.05) is 0 Å². The summed E-state index contributed by atoms with van der Waals surface area (Å²) >= 11 is 0. The number of ether oxygens (including phenoxy) is 1. The maximum Gasteiger partial charge on any atom is 0.335 e. The summed E-state index contributed by atoms with van der Waals surface area (Å²) < 4.78 is 4.76. The molecule has 0 saturated carbocycles.